The van der Waals surface area contributed by atoms with Crippen molar-refractivity contribution in [2.24, 2.45) is 20.5 Å². The van der Waals surface area contributed by atoms with Crippen LogP contribution < -0.4 is 0 Å². The Hall–Kier alpha value is -3.32. The van der Waals surface area contributed by atoms with Crippen LogP contribution >= 0.6 is 11.3 Å². The molecule has 0 amide bonds. The van der Waals surface area contributed by atoms with Gasteiger partial charge in [0.15, 0.2) is 5.82 Å². The van der Waals surface area contributed by atoms with Crippen LogP contribution in [-0.2, 0) is 0 Å². The van der Waals surface area contributed by atoms with Crippen molar-refractivity contribution in [2.45, 2.75) is 6.17 Å². The second-order valence-electron chi connectivity index (χ2n) is 5.37. The summed E-state index contributed by atoms with van der Waals surface area (Å²) < 4.78 is 1.08. The number of fused-ring (bicyclic) bond motifs is 1. The molecule has 0 fully saturated rings. The van der Waals surface area contributed by atoms with Crippen molar-refractivity contribution in [1.82, 2.24) is 9.97 Å². The van der Waals surface area contributed by atoms with Crippen molar-refractivity contribution in [3.8, 4) is 0 Å². The Morgan fingerprint density at radius 3 is 2.35 bits per heavy atom. The molecular formula is C19H14N6S. The van der Waals surface area contributed by atoms with E-state index >= 15 is 0 Å². The normalized spacial score (nSPS) is 12.9. The molecule has 7 heteroatoms. The summed E-state index contributed by atoms with van der Waals surface area (Å²) in [6.45, 7) is 0. The lowest BCUT2D eigenvalue weighted by molar-refractivity contribution is 0.687. The number of nitrogens with zero attached hydrogens (tertiary/aromatic N) is 6. The standard InChI is InChI=1S/C19H14N6S/c1-2-8-14(9-3-1)18(23-22-17-12-6-7-13-20-17)24-25-19-21-15-10-4-5-11-16(15)26-19/h1-13,18H. The first-order valence-corrected chi connectivity index (χ1v) is 8.83. The van der Waals surface area contributed by atoms with Crippen molar-refractivity contribution in [2.75, 3.05) is 0 Å². The van der Waals surface area contributed by atoms with Crippen molar-refractivity contribution in [3.63, 3.8) is 0 Å². The van der Waals surface area contributed by atoms with Gasteiger partial charge in [-0.05, 0) is 24.3 Å². The molecule has 126 valence electrons. The number of hydrogen-bond donors (Lipinski definition) is 0. The molecule has 1 atom stereocenters. The fourth-order valence-corrected chi connectivity index (χ4v) is 3.11. The van der Waals surface area contributed by atoms with Gasteiger partial charge in [0.25, 0.3) is 0 Å². The minimum atomic E-state index is -0.551. The number of benzene rings is 2. The van der Waals surface area contributed by atoms with Crippen LogP contribution in [0.2, 0.25) is 0 Å². The highest BCUT2D eigenvalue weighted by molar-refractivity contribution is 7.21. The van der Waals surface area contributed by atoms with E-state index in [0.717, 1.165) is 15.8 Å². The SMILES string of the molecule is c1ccc(C(N=Nc2ccccn2)N=Nc2nc3ccccc3s2)cc1. The van der Waals surface area contributed by atoms with Gasteiger partial charge in [-0.15, -0.1) is 10.2 Å². The molecule has 26 heavy (non-hydrogen) atoms. The van der Waals surface area contributed by atoms with Crippen LogP contribution in [0, 0.1) is 0 Å². The number of para-hydroxylation sites is 1. The fourth-order valence-electron chi connectivity index (χ4n) is 2.32. The average molecular weight is 358 g/mol. The number of aromatic nitrogens is 2. The zero-order valence-electron chi connectivity index (χ0n) is 13.7. The summed E-state index contributed by atoms with van der Waals surface area (Å²) in [5, 5.41) is 17.7. The molecule has 0 spiro atoms. The summed E-state index contributed by atoms with van der Waals surface area (Å²) in [5.74, 6) is 0.531. The summed E-state index contributed by atoms with van der Waals surface area (Å²) in [7, 11) is 0. The monoisotopic (exact) mass is 358 g/mol. The van der Waals surface area contributed by atoms with Gasteiger partial charge in [-0.1, -0.05) is 59.9 Å². The Morgan fingerprint density at radius 2 is 1.54 bits per heavy atom. The van der Waals surface area contributed by atoms with Crippen LogP contribution in [0.15, 0.2) is 99.5 Å². The van der Waals surface area contributed by atoms with E-state index < -0.39 is 6.17 Å². The van der Waals surface area contributed by atoms with Gasteiger partial charge in [-0.3, -0.25) is 0 Å². The molecule has 0 aliphatic rings. The number of hydrogen-bond acceptors (Lipinski definition) is 7. The van der Waals surface area contributed by atoms with Gasteiger partial charge in [0, 0.05) is 11.8 Å². The van der Waals surface area contributed by atoms with E-state index in [2.05, 4.69) is 30.4 Å². The Balaban J connectivity index is 1.63. The zero-order valence-corrected chi connectivity index (χ0v) is 14.5. The van der Waals surface area contributed by atoms with Crippen LogP contribution in [0.4, 0.5) is 10.9 Å². The highest BCUT2D eigenvalue weighted by Crippen LogP contribution is 2.30. The average Bonchev–Trinajstić information content (AvgIpc) is 3.12. The number of rotatable bonds is 5. The molecule has 0 N–H and O–H groups in total. The minimum Gasteiger partial charge on any atom is -0.236 e. The molecule has 0 radical (unpaired) electrons. The number of thiazole rings is 1. The largest absolute Gasteiger partial charge is 0.236 e. The molecule has 0 saturated carbocycles. The van der Waals surface area contributed by atoms with Crippen LogP contribution in [0.3, 0.4) is 0 Å². The van der Waals surface area contributed by atoms with E-state index in [1.165, 1.54) is 11.3 Å². The van der Waals surface area contributed by atoms with Crippen LogP contribution in [-0.4, -0.2) is 9.97 Å². The summed E-state index contributed by atoms with van der Waals surface area (Å²) in [6.07, 6.45) is 1.12. The third-order valence-electron chi connectivity index (χ3n) is 3.55. The van der Waals surface area contributed by atoms with Crippen LogP contribution in [0.25, 0.3) is 10.2 Å². The van der Waals surface area contributed by atoms with Gasteiger partial charge < -0.3 is 0 Å². The highest BCUT2D eigenvalue weighted by atomic mass is 32.1. The van der Waals surface area contributed by atoms with E-state index in [1.807, 2.05) is 66.7 Å². The third-order valence-corrected chi connectivity index (χ3v) is 4.47. The molecule has 2 aromatic heterocycles. The quantitative estimate of drug-likeness (QED) is 0.395. The molecule has 0 saturated heterocycles. The first-order chi connectivity index (χ1) is 12.9. The number of azo groups is 2. The topological polar surface area (TPSA) is 75.2 Å². The summed E-state index contributed by atoms with van der Waals surface area (Å²) >= 11 is 1.49. The maximum Gasteiger partial charge on any atom is 0.230 e. The predicted molar refractivity (Wildman–Crippen MR) is 102 cm³/mol. The maximum absolute atomic E-state index is 4.47. The molecule has 2 aromatic carbocycles. The van der Waals surface area contributed by atoms with Crippen LogP contribution in [0.5, 0.6) is 0 Å². The maximum atomic E-state index is 4.47. The molecule has 6 nitrogen and oxygen atoms in total. The Kier molecular flexibility index (Phi) is 4.79. The molecular weight excluding hydrogens is 344 g/mol. The van der Waals surface area contributed by atoms with Gasteiger partial charge in [-0.25, -0.2) is 9.97 Å². The van der Waals surface area contributed by atoms with Crippen LogP contribution in [0.1, 0.15) is 11.7 Å². The molecule has 4 aromatic rings. The minimum absolute atomic E-state index is 0.531. The molecule has 1 unspecified atom stereocenters. The number of pyridine rings is 1. The van der Waals surface area contributed by atoms with Gasteiger partial charge in [-0.2, -0.15) is 10.2 Å². The van der Waals surface area contributed by atoms with E-state index in [9.17, 15) is 0 Å². The highest BCUT2D eigenvalue weighted by Gasteiger charge is 2.09. The fraction of sp³-hybridized carbons (Fsp3) is 0.0526. The van der Waals surface area contributed by atoms with Crippen molar-refractivity contribution in [3.05, 3.63) is 84.6 Å². The van der Waals surface area contributed by atoms with Gasteiger partial charge in [0.05, 0.1) is 10.2 Å². The molecule has 0 aliphatic carbocycles. The predicted octanol–water partition coefficient (Wildman–Crippen LogP) is 6.26. The molecule has 2 heterocycles. The summed E-state index contributed by atoms with van der Waals surface area (Å²) in [6, 6.07) is 23.1. The van der Waals surface area contributed by atoms with E-state index in [0.29, 0.717) is 10.9 Å². The second-order valence-corrected chi connectivity index (χ2v) is 6.38. The summed E-state index contributed by atoms with van der Waals surface area (Å²) in [4.78, 5) is 8.62. The summed E-state index contributed by atoms with van der Waals surface area (Å²) in [5.41, 5.74) is 1.81. The lowest BCUT2D eigenvalue weighted by Crippen LogP contribution is -1.89. The molecule has 0 aliphatic heterocycles. The Bertz CT molecular complexity index is 1010. The van der Waals surface area contributed by atoms with Gasteiger partial charge in [0.2, 0.25) is 11.3 Å². The zero-order chi connectivity index (χ0) is 17.6. The molecule has 4 rings (SSSR count). The first-order valence-electron chi connectivity index (χ1n) is 8.02. The van der Waals surface area contributed by atoms with Crippen molar-refractivity contribution in [1.29, 1.82) is 0 Å². The first kappa shape index (κ1) is 16.2. The Labute approximate surface area is 154 Å². The van der Waals surface area contributed by atoms with Gasteiger partial charge in [0.1, 0.15) is 0 Å². The van der Waals surface area contributed by atoms with E-state index in [4.69, 9.17) is 0 Å². The third kappa shape index (κ3) is 3.84. The lowest BCUT2D eigenvalue weighted by Gasteiger charge is -2.04. The van der Waals surface area contributed by atoms with E-state index in [-0.39, 0.29) is 0 Å². The van der Waals surface area contributed by atoms with E-state index in [1.54, 1.807) is 12.3 Å². The second kappa shape index (κ2) is 7.71. The Morgan fingerprint density at radius 1 is 0.769 bits per heavy atom. The van der Waals surface area contributed by atoms with Gasteiger partial charge >= 0.3 is 0 Å². The van der Waals surface area contributed by atoms with Crippen molar-refractivity contribution >= 4 is 32.5 Å². The lowest BCUT2D eigenvalue weighted by atomic mass is 10.2. The smallest absolute Gasteiger partial charge is 0.230 e. The van der Waals surface area contributed by atoms with Crippen molar-refractivity contribution < 1.29 is 0 Å². The molecule has 0 bridgehead atoms.